The molecular formula is C12H16OS. The van der Waals surface area contributed by atoms with Crippen molar-refractivity contribution in [2.75, 3.05) is 5.75 Å². The molecule has 76 valence electrons. The standard InChI is InChI=1S/C10H10OS.C2H6/c1-8-6-7-12(11)10-5-3-2-4-9(8)10;1-2/h2-5H,1,6-7H2;1-2H3. The Balaban J connectivity index is 0.000000461. The zero-order chi connectivity index (χ0) is 10.6. The predicted octanol–water partition coefficient (Wildman–Crippen LogP) is 3.24. The second-order valence-electron chi connectivity index (χ2n) is 2.90. The van der Waals surface area contributed by atoms with Gasteiger partial charge in [-0.25, -0.2) is 0 Å². The summed E-state index contributed by atoms with van der Waals surface area (Å²) in [6, 6.07) is 7.81. The minimum atomic E-state index is -0.797. The normalized spacial score (nSPS) is 19.3. The number of hydrogen-bond acceptors (Lipinski definition) is 1. The van der Waals surface area contributed by atoms with Gasteiger partial charge in [0.05, 0.1) is 10.8 Å². The van der Waals surface area contributed by atoms with Gasteiger partial charge in [0.2, 0.25) is 0 Å². The lowest BCUT2D eigenvalue weighted by molar-refractivity contribution is 0.681. The largest absolute Gasteiger partial charge is 0.254 e. The van der Waals surface area contributed by atoms with Crippen LogP contribution in [0.3, 0.4) is 0 Å². The van der Waals surface area contributed by atoms with E-state index in [9.17, 15) is 4.21 Å². The van der Waals surface area contributed by atoms with E-state index >= 15 is 0 Å². The highest BCUT2D eigenvalue weighted by Crippen LogP contribution is 2.28. The number of fused-ring (bicyclic) bond motifs is 1. The van der Waals surface area contributed by atoms with E-state index in [-0.39, 0.29) is 0 Å². The summed E-state index contributed by atoms with van der Waals surface area (Å²) in [5, 5.41) is 0. The summed E-state index contributed by atoms with van der Waals surface area (Å²) in [6.07, 6.45) is 0.865. The highest BCUT2D eigenvalue weighted by molar-refractivity contribution is 7.85. The number of allylic oxidation sites excluding steroid dienone is 1. The van der Waals surface area contributed by atoms with E-state index in [1.54, 1.807) is 0 Å². The number of benzene rings is 1. The van der Waals surface area contributed by atoms with Crippen molar-refractivity contribution in [3.8, 4) is 0 Å². The first kappa shape index (κ1) is 11.2. The Kier molecular flexibility index (Phi) is 4.08. The summed E-state index contributed by atoms with van der Waals surface area (Å²) in [7, 11) is -0.797. The molecule has 1 aromatic carbocycles. The smallest absolute Gasteiger partial charge is 0.0539 e. The van der Waals surface area contributed by atoms with E-state index in [4.69, 9.17) is 0 Å². The zero-order valence-electron chi connectivity index (χ0n) is 8.75. The molecule has 0 N–H and O–H groups in total. The molecule has 1 aliphatic rings. The van der Waals surface area contributed by atoms with Gasteiger partial charge in [-0.15, -0.1) is 0 Å². The first-order valence-corrected chi connectivity index (χ1v) is 6.26. The summed E-state index contributed by atoms with van der Waals surface area (Å²) in [4.78, 5) is 0.953. The van der Waals surface area contributed by atoms with E-state index in [2.05, 4.69) is 6.58 Å². The van der Waals surface area contributed by atoms with Crippen LogP contribution in [0.25, 0.3) is 5.57 Å². The van der Waals surface area contributed by atoms with Crippen molar-refractivity contribution < 1.29 is 4.21 Å². The molecule has 0 saturated heterocycles. The van der Waals surface area contributed by atoms with E-state index < -0.39 is 10.8 Å². The van der Waals surface area contributed by atoms with Crippen LogP contribution in [0.2, 0.25) is 0 Å². The molecule has 1 aromatic rings. The predicted molar refractivity (Wildman–Crippen MR) is 62.7 cm³/mol. The third-order valence-electron chi connectivity index (χ3n) is 2.10. The van der Waals surface area contributed by atoms with Crippen molar-refractivity contribution in [3.63, 3.8) is 0 Å². The summed E-state index contributed by atoms with van der Waals surface area (Å²) < 4.78 is 11.5. The average Bonchev–Trinajstić information content (AvgIpc) is 2.27. The minimum absolute atomic E-state index is 0.732. The first-order chi connectivity index (χ1) is 6.79. The van der Waals surface area contributed by atoms with Crippen LogP contribution in [0.15, 0.2) is 35.7 Å². The molecule has 0 aromatic heterocycles. The van der Waals surface area contributed by atoms with Crippen LogP contribution < -0.4 is 0 Å². The van der Waals surface area contributed by atoms with Crippen molar-refractivity contribution in [1.29, 1.82) is 0 Å². The Hall–Kier alpha value is -0.890. The highest BCUT2D eigenvalue weighted by atomic mass is 32.2. The number of hydrogen-bond donors (Lipinski definition) is 0. The molecule has 0 amide bonds. The molecule has 1 atom stereocenters. The molecule has 1 nitrogen and oxygen atoms in total. The Bertz CT molecular complexity index is 320. The fourth-order valence-electron chi connectivity index (χ4n) is 1.42. The van der Waals surface area contributed by atoms with E-state index in [1.807, 2.05) is 38.1 Å². The maximum atomic E-state index is 11.5. The van der Waals surface area contributed by atoms with Gasteiger partial charge in [-0.3, -0.25) is 4.21 Å². The van der Waals surface area contributed by atoms with Crippen LogP contribution in [0.5, 0.6) is 0 Å². The lowest BCUT2D eigenvalue weighted by Gasteiger charge is -2.16. The summed E-state index contributed by atoms with van der Waals surface area (Å²) in [5.41, 5.74) is 2.20. The van der Waals surface area contributed by atoms with Crippen molar-refractivity contribution >= 4 is 16.4 Å². The van der Waals surface area contributed by atoms with Gasteiger partial charge >= 0.3 is 0 Å². The molecule has 0 radical (unpaired) electrons. The highest BCUT2D eigenvalue weighted by Gasteiger charge is 2.16. The van der Waals surface area contributed by atoms with Crippen LogP contribution in [-0.4, -0.2) is 9.96 Å². The fourth-order valence-corrected chi connectivity index (χ4v) is 2.76. The molecule has 0 bridgehead atoms. The van der Waals surface area contributed by atoms with Gasteiger partial charge < -0.3 is 0 Å². The molecule has 1 heterocycles. The van der Waals surface area contributed by atoms with Crippen LogP contribution in [0.1, 0.15) is 25.8 Å². The Morgan fingerprint density at radius 3 is 2.57 bits per heavy atom. The fraction of sp³-hybridized carbons (Fsp3) is 0.333. The van der Waals surface area contributed by atoms with Crippen molar-refractivity contribution in [2.45, 2.75) is 25.2 Å². The summed E-state index contributed by atoms with van der Waals surface area (Å²) in [6.45, 7) is 7.96. The Labute approximate surface area is 88.3 Å². The quantitative estimate of drug-likeness (QED) is 0.639. The summed E-state index contributed by atoms with van der Waals surface area (Å²) in [5.74, 6) is 0.732. The van der Waals surface area contributed by atoms with Crippen molar-refractivity contribution in [2.24, 2.45) is 0 Å². The van der Waals surface area contributed by atoms with Crippen molar-refractivity contribution in [1.82, 2.24) is 0 Å². The Morgan fingerprint density at radius 2 is 1.93 bits per heavy atom. The van der Waals surface area contributed by atoms with E-state index in [0.29, 0.717) is 0 Å². The lowest BCUT2D eigenvalue weighted by atomic mass is 10.1. The van der Waals surface area contributed by atoms with Gasteiger partial charge in [-0.05, 0) is 23.6 Å². The molecule has 1 unspecified atom stereocenters. The second kappa shape index (κ2) is 5.11. The van der Waals surface area contributed by atoms with Gasteiger partial charge in [0.1, 0.15) is 0 Å². The molecule has 0 saturated carbocycles. The zero-order valence-corrected chi connectivity index (χ0v) is 9.56. The van der Waals surface area contributed by atoms with Gasteiger partial charge in [0.15, 0.2) is 0 Å². The molecule has 14 heavy (non-hydrogen) atoms. The van der Waals surface area contributed by atoms with Gasteiger partial charge in [0.25, 0.3) is 0 Å². The van der Waals surface area contributed by atoms with Gasteiger partial charge in [-0.1, -0.05) is 38.6 Å². The third-order valence-corrected chi connectivity index (χ3v) is 3.52. The maximum Gasteiger partial charge on any atom is 0.0539 e. The van der Waals surface area contributed by atoms with Crippen LogP contribution in [0.4, 0.5) is 0 Å². The second-order valence-corrected chi connectivity index (χ2v) is 4.44. The third kappa shape index (κ3) is 2.13. The SMILES string of the molecule is C=C1CCS(=O)c2ccccc21.CC. The van der Waals surface area contributed by atoms with E-state index in [1.165, 1.54) is 0 Å². The first-order valence-electron chi connectivity index (χ1n) is 4.94. The Morgan fingerprint density at radius 1 is 1.29 bits per heavy atom. The lowest BCUT2D eigenvalue weighted by Crippen LogP contribution is -2.08. The molecular weight excluding hydrogens is 192 g/mol. The molecule has 2 rings (SSSR count). The topological polar surface area (TPSA) is 17.1 Å². The number of rotatable bonds is 0. The van der Waals surface area contributed by atoms with Crippen molar-refractivity contribution in [3.05, 3.63) is 36.4 Å². The van der Waals surface area contributed by atoms with Gasteiger partial charge in [0, 0.05) is 10.6 Å². The van der Waals surface area contributed by atoms with Crippen LogP contribution in [0, 0.1) is 0 Å². The minimum Gasteiger partial charge on any atom is -0.254 e. The maximum absolute atomic E-state index is 11.5. The van der Waals surface area contributed by atoms with E-state index in [0.717, 1.165) is 28.2 Å². The average molecular weight is 208 g/mol. The van der Waals surface area contributed by atoms with Crippen LogP contribution in [-0.2, 0) is 10.8 Å². The molecule has 0 aliphatic carbocycles. The molecule has 2 heteroatoms. The van der Waals surface area contributed by atoms with Crippen LogP contribution >= 0.6 is 0 Å². The van der Waals surface area contributed by atoms with Gasteiger partial charge in [-0.2, -0.15) is 0 Å². The molecule has 1 aliphatic heterocycles. The monoisotopic (exact) mass is 208 g/mol. The summed E-state index contributed by atoms with van der Waals surface area (Å²) >= 11 is 0. The molecule has 0 spiro atoms. The molecule has 0 fully saturated rings.